The van der Waals surface area contributed by atoms with Crippen molar-refractivity contribution in [2.45, 2.75) is 12.4 Å². The number of nitrogen functional groups attached to an aromatic ring is 1. The van der Waals surface area contributed by atoms with E-state index in [2.05, 4.69) is 32.1 Å². The molecule has 12 heteroatoms. The lowest BCUT2D eigenvalue weighted by molar-refractivity contribution is -0.142. The maximum atomic E-state index is 13.6. The number of anilines is 1. The van der Waals surface area contributed by atoms with Gasteiger partial charge in [-0.25, -0.2) is 9.50 Å². The maximum Gasteiger partial charge on any atom is 0.433 e. The van der Waals surface area contributed by atoms with Crippen LogP contribution in [0, 0.1) is 11.8 Å². The number of alkyl halides is 6. The molecule has 0 aliphatic rings. The maximum absolute atomic E-state index is 13.6. The van der Waals surface area contributed by atoms with Gasteiger partial charge in [0, 0.05) is 11.6 Å². The van der Waals surface area contributed by atoms with E-state index in [1.807, 2.05) is 0 Å². The van der Waals surface area contributed by atoms with E-state index in [1.165, 1.54) is 18.2 Å². The van der Waals surface area contributed by atoms with Crippen LogP contribution < -0.4 is 5.73 Å². The Hall–Kier alpha value is -4.14. The molecule has 3 aromatic heterocycles. The second-order valence-corrected chi connectivity index (χ2v) is 6.49. The summed E-state index contributed by atoms with van der Waals surface area (Å²) in [5, 5.41) is 11.2. The van der Waals surface area contributed by atoms with Gasteiger partial charge in [-0.2, -0.15) is 31.4 Å². The van der Waals surface area contributed by atoms with E-state index < -0.39 is 23.6 Å². The summed E-state index contributed by atoms with van der Waals surface area (Å²) in [5.74, 6) is 5.36. The molecule has 0 saturated carbocycles. The molecule has 0 radical (unpaired) electrons. The third-order valence-corrected chi connectivity index (χ3v) is 4.23. The van der Waals surface area contributed by atoms with Crippen LogP contribution in [0.3, 0.4) is 0 Å². The highest BCUT2D eigenvalue weighted by Crippen LogP contribution is 2.34. The second kappa shape index (κ2) is 7.52. The summed E-state index contributed by atoms with van der Waals surface area (Å²) < 4.78 is 79.8. The Morgan fingerprint density at radius 3 is 2.06 bits per heavy atom. The van der Waals surface area contributed by atoms with Crippen LogP contribution in [0.2, 0.25) is 0 Å². The van der Waals surface area contributed by atoms with E-state index in [4.69, 9.17) is 5.73 Å². The number of aromatic nitrogens is 5. The molecule has 6 nitrogen and oxygen atoms in total. The number of hydrogen-bond donors (Lipinski definition) is 1. The molecular formula is C20H10F6N6. The van der Waals surface area contributed by atoms with Crippen LogP contribution in [0.4, 0.5) is 32.2 Å². The van der Waals surface area contributed by atoms with Gasteiger partial charge in [-0.05, 0) is 42.2 Å². The molecule has 0 atom stereocenters. The number of benzene rings is 1. The molecule has 1 aromatic carbocycles. The predicted octanol–water partition coefficient (Wildman–Crippen LogP) is 4.21. The minimum absolute atomic E-state index is 0.0220. The number of fused-ring (bicyclic) bond motifs is 1. The summed E-state index contributed by atoms with van der Waals surface area (Å²) in [4.78, 5) is 4.11. The minimum atomic E-state index is -4.80. The Labute approximate surface area is 175 Å². The molecule has 0 unspecified atom stereocenters. The normalized spacial score (nSPS) is 11.9. The molecule has 0 amide bonds. The standard InChI is InChI=1S/C20H10F6N6/c21-19(22,23)12-3-1-11(2-4-12)15-10-16(20(24,25)26)32-18(28-15)9-14(31-32)6-5-13-7-8-17(27)30-29-13/h1-4,7-10H,(H2,27,30). The summed E-state index contributed by atoms with van der Waals surface area (Å²) in [6, 6.07) is 8.53. The molecule has 0 aliphatic heterocycles. The van der Waals surface area contributed by atoms with Crippen molar-refractivity contribution in [1.29, 1.82) is 0 Å². The van der Waals surface area contributed by atoms with Gasteiger partial charge in [-0.1, -0.05) is 12.1 Å². The SMILES string of the molecule is Nc1ccc(C#Cc2cc3nc(-c4ccc(C(F)(F)F)cc4)cc(C(F)(F)F)n3n2)nn1. The van der Waals surface area contributed by atoms with Gasteiger partial charge in [0.2, 0.25) is 0 Å². The Balaban J connectivity index is 1.79. The number of nitrogens with zero attached hydrogens (tertiary/aromatic N) is 5. The topological polar surface area (TPSA) is 82.0 Å². The highest BCUT2D eigenvalue weighted by molar-refractivity contribution is 5.64. The van der Waals surface area contributed by atoms with E-state index in [9.17, 15) is 26.3 Å². The lowest BCUT2D eigenvalue weighted by Crippen LogP contribution is -2.13. The Morgan fingerprint density at radius 2 is 1.47 bits per heavy atom. The largest absolute Gasteiger partial charge is 0.433 e. The number of rotatable bonds is 1. The van der Waals surface area contributed by atoms with Gasteiger partial charge in [-0.15, -0.1) is 10.2 Å². The molecule has 3 heterocycles. The van der Waals surface area contributed by atoms with Gasteiger partial charge < -0.3 is 5.73 Å². The van der Waals surface area contributed by atoms with Gasteiger partial charge in [0.25, 0.3) is 0 Å². The van der Waals surface area contributed by atoms with Crippen molar-refractivity contribution < 1.29 is 26.3 Å². The van der Waals surface area contributed by atoms with Gasteiger partial charge in [0.05, 0.1) is 11.3 Å². The molecule has 4 rings (SSSR count). The minimum Gasteiger partial charge on any atom is -0.382 e. The average Bonchev–Trinajstić information content (AvgIpc) is 3.14. The first-order chi connectivity index (χ1) is 15.0. The molecule has 0 spiro atoms. The van der Waals surface area contributed by atoms with Crippen LogP contribution in [-0.4, -0.2) is 24.8 Å². The quantitative estimate of drug-likeness (QED) is 0.349. The van der Waals surface area contributed by atoms with Crippen molar-refractivity contribution in [3.63, 3.8) is 0 Å². The van der Waals surface area contributed by atoms with Gasteiger partial charge in [0.1, 0.15) is 17.2 Å². The highest BCUT2D eigenvalue weighted by atomic mass is 19.4. The lowest BCUT2D eigenvalue weighted by atomic mass is 10.1. The summed E-state index contributed by atoms with van der Waals surface area (Å²) in [6.07, 6.45) is -9.37. The summed E-state index contributed by atoms with van der Waals surface area (Å²) >= 11 is 0. The monoisotopic (exact) mass is 448 g/mol. The van der Waals surface area contributed by atoms with E-state index in [0.29, 0.717) is 10.6 Å². The smallest absolute Gasteiger partial charge is 0.382 e. The van der Waals surface area contributed by atoms with Crippen molar-refractivity contribution in [2.75, 3.05) is 5.73 Å². The Bertz CT molecular complexity index is 1340. The first kappa shape index (κ1) is 21.1. The predicted molar refractivity (Wildman–Crippen MR) is 101 cm³/mol. The summed E-state index contributed by atoms with van der Waals surface area (Å²) in [6.45, 7) is 0. The lowest BCUT2D eigenvalue weighted by Gasteiger charge is -2.11. The Kier molecular flexibility index (Phi) is 4.96. The zero-order chi connectivity index (χ0) is 23.1. The highest BCUT2D eigenvalue weighted by Gasteiger charge is 2.35. The summed E-state index contributed by atoms with van der Waals surface area (Å²) in [7, 11) is 0. The van der Waals surface area contributed by atoms with Crippen LogP contribution in [0.5, 0.6) is 0 Å². The molecule has 32 heavy (non-hydrogen) atoms. The molecular weight excluding hydrogens is 438 g/mol. The molecule has 0 saturated heterocycles. The number of nitrogens with two attached hydrogens (primary N) is 1. The molecule has 162 valence electrons. The first-order valence-electron chi connectivity index (χ1n) is 8.77. The summed E-state index contributed by atoms with van der Waals surface area (Å²) in [5.41, 5.74) is 3.29. The van der Waals surface area contributed by atoms with Gasteiger partial charge in [-0.3, -0.25) is 0 Å². The van der Waals surface area contributed by atoms with E-state index in [-0.39, 0.29) is 34.1 Å². The van der Waals surface area contributed by atoms with E-state index in [0.717, 1.165) is 24.3 Å². The second-order valence-electron chi connectivity index (χ2n) is 6.49. The van der Waals surface area contributed by atoms with Gasteiger partial charge in [0.15, 0.2) is 11.3 Å². The third-order valence-electron chi connectivity index (χ3n) is 4.23. The number of hydrogen-bond acceptors (Lipinski definition) is 5. The molecule has 0 bridgehead atoms. The van der Waals surface area contributed by atoms with E-state index in [1.54, 1.807) is 0 Å². The first-order valence-corrected chi connectivity index (χ1v) is 8.77. The van der Waals surface area contributed by atoms with Crippen molar-refractivity contribution in [3.8, 4) is 23.1 Å². The van der Waals surface area contributed by atoms with Crippen molar-refractivity contribution in [1.82, 2.24) is 24.8 Å². The third kappa shape index (κ3) is 4.31. The van der Waals surface area contributed by atoms with Crippen LogP contribution in [0.15, 0.2) is 48.5 Å². The van der Waals surface area contributed by atoms with E-state index >= 15 is 0 Å². The number of halogens is 6. The van der Waals surface area contributed by atoms with Gasteiger partial charge >= 0.3 is 12.4 Å². The zero-order valence-corrected chi connectivity index (χ0v) is 15.7. The Morgan fingerprint density at radius 1 is 0.781 bits per heavy atom. The van der Waals surface area contributed by atoms with Crippen molar-refractivity contribution in [2.24, 2.45) is 0 Å². The van der Waals surface area contributed by atoms with Crippen LogP contribution in [-0.2, 0) is 12.4 Å². The molecule has 0 fully saturated rings. The fourth-order valence-corrected chi connectivity index (χ4v) is 2.75. The molecule has 4 aromatic rings. The molecule has 2 N–H and O–H groups in total. The van der Waals surface area contributed by atoms with Crippen LogP contribution in [0.1, 0.15) is 22.6 Å². The fourth-order valence-electron chi connectivity index (χ4n) is 2.75. The average molecular weight is 448 g/mol. The fraction of sp³-hybridized carbons (Fsp3) is 0.100. The zero-order valence-electron chi connectivity index (χ0n) is 15.7. The molecule has 0 aliphatic carbocycles. The van der Waals surface area contributed by atoms with Crippen molar-refractivity contribution in [3.05, 3.63) is 71.2 Å². The van der Waals surface area contributed by atoms with Crippen LogP contribution >= 0.6 is 0 Å². The van der Waals surface area contributed by atoms with Crippen LogP contribution in [0.25, 0.3) is 16.9 Å². The van der Waals surface area contributed by atoms with Crippen molar-refractivity contribution >= 4 is 11.5 Å².